The first-order chi connectivity index (χ1) is 18.7. The number of carbonyl (C=O) groups is 1. The molecule has 10 nitrogen and oxygen atoms in total. The van der Waals surface area contributed by atoms with Gasteiger partial charge in [0.15, 0.2) is 0 Å². The van der Waals surface area contributed by atoms with Gasteiger partial charge >= 0.3 is 6.18 Å². The van der Waals surface area contributed by atoms with Gasteiger partial charge in [-0.05, 0) is 23.6 Å². The number of rotatable bonds is 8. The highest BCUT2D eigenvalue weighted by atomic mass is 32.2. The molecule has 1 aromatic heterocycles. The van der Waals surface area contributed by atoms with E-state index in [1.807, 2.05) is 0 Å². The summed E-state index contributed by atoms with van der Waals surface area (Å²) in [7, 11) is 0.234. The van der Waals surface area contributed by atoms with Crippen molar-refractivity contribution in [3.8, 4) is 5.75 Å². The quantitative estimate of drug-likeness (QED) is 0.344. The fourth-order valence-electron chi connectivity index (χ4n) is 4.54. The van der Waals surface area contributed by atoms with Crippen LogP contribution in [0.2, 0.25) is 0 Å². The Bertz CT molecular complexity index is 1550. The monoisotopic (exact) mass is 582 g/mol. The fraction of sp³-hybridized carbons (Fsp3) is 0.320. The lowest BCUT2D eigenvalue weighted by Crippen LogP contribution is -2.39. The van der Waals surface area contributed by atoms with Gasteiger partial charge in [0, 0.05) is 26.4 Å². The maximum Gasteiger partial charge on any atom is 0.421 e. The van der Waals surface area contributed by atoms with Gasteiger partial charge < -0.3 is 20.7 Å². The van der Waals surface area contributed by atoms with Crippen LogP contribution in [0.25, 0.3) is 0 Å². The average molecular weight is 583 g/mol. The number of fused-ring (bicyclic) bond motifs is 1. The number of benzene rings is 2. The second kappa shape index (κ2) is 10.9. The highest BCUT2D eigenvalue weighted by molar-refractivity contribution is 7.88. The lowest BCUT2D eigenvalue weighted by atomic mass is 10.1. The number of likely N-dealkylation sites (N-methyl/N-ethyl adjacent to an activating group) is 1. The SMILES string of the molecule is CNC(=O)c1cc(OC)c(Nc2ncc(C(F)(F)F)c(N[C@@H]3Cc4ccccc4[C@H]3N(C)S(C)(=O)=O)n2)cc1F. The first kappa shape index (κ1) is 29.0. The Kier molecular flexibility index (Phi) is 7.90. The number of hydrogen-bond acceptors (Lipinski definition) is 8. The third kappa shape index (κ3) is 5.79. The van der Waals surface area contributed by atoms with Crippen LogP contribution >= 0.6 is 0 Å². The maximum atomic E-state index is 14.6. The van der Waals surface area contributed by atoms with Crippen LogP contribution in [-0.4, -0.2) is 62.1 Å². The standard InChI is InChI=1S/C25H26F4N6O4S/c1-30-23(36)15-10-20(39-3)18(11-17(15)26)33-24-31-12-16(25(27,28)29)22(34-24)32-19-9-13-7-5-6-8-14(13)21(19)35(2)40(4,37)38/h5-8,10-12,19,21H,9H2,1-4H3,(H,30,36)(H2,31,32,33,34)/t19-,21-/m1/s1. The second-order valence-electron chi connectivity index (χ2n) is 9.07. The lowest BCUT2D eigenvalue weighted by molar-refractivity contribution is -0.137. The van der Waals surface area contributed by atoms with Gasteiger partial charge in [0.25, 0.3) is 5.91 Å². The number of alkyl halides is 3. The van der Waals surface area contributed by atoms with Gasteiger partial charge in [0.1, 0.15) is 22.9 Å². The first-order valence-electron chi connectivity index (χ1n) is 11.8. The summed E-state index contributed by atoms with van der Waals surface area (Å²) in [5, 5.41) is 7.72. The Morgan fingerprint density at radius 1 is 1.20 bits per heavy atom. The summed E-state index contributed by atoms with van der Waals surface area (Å²) in [5.74, 6) is -2.53. The van der Waals surface area contributed by atoms with Crippen LogP contribution in [0.15, 0.2) is 42.6 Å². The number of ether oxygens (including phenoxy) is 1. The van der Waals surface area contributed by atoms with Crippen molar-refractivity contribution >= 4 is 33.4 Å². The van der Waals surface area contributed by atoms with Crippen molar-refractivity contribution in [2.24, 2.45) is 0 Å². The normalized spacial score (nSPS) is 16.9. The van der Waals surface area contributed by atoms with Gasteiger partial charge in [0.2, 0.25) is 16.0 Å². The number of hydrogen-bond donors (Lipinski definition) is 3. The molecule has 0 saturated carbocycles. The van der Waals surface area contributed by atoms with E-state index >= 15 is 0 Å². The largest absolute Gasteiger partial charge is 0.495 e. The van der Waals surface area contributed by atoms with E-state index in [1.165, 1.54) is 21.2 Å². The Hall–Kier alpha value is -3.98. The van der Waals surface area contributed by atoms with Crippen LogP contribution in [0.1, 0.15) is 33.1 Å². The topological polar surface area (TPSA) is 126 Å². The molecule has 1 amide bonds. The zero-order valence-corrected chi connectivity index (χ0v) is 22.6. The Morgan fingerprint density at radius 2 is 1.90 bits per heavy atom. The molecule has 2 aromatic carbocycles. The molecule has 0 radical (unpaired) electrons. The molecule has 0 saturated heterocycles. The van der Waals surface area contributed by atoms with Gasteiger partial charge in [-0.2, -0.15) is 22.5 Å². The number of anilines is 3. The summed E-state index contributed by atoms with van der Waals surface area (Å²) in [4.78, 5) is 19.7. The van der Waals surface area contributed by atoms with E-state index in [9.17, 15) is 30.8 Å². The van der Waals surface area contributed by atoms with Crippen molar-refractivity contribution in [2.45, 2.75) is 24.7 Å². The molecule has 0 spiro atoms. The van der Waals surface area contributed by atoms with Crippen LogP contribution in [-0.2, 0) is 22.6 Å². The summed E-state index contributed by atoms with van der Waals surface area (Å²) in [6.07, 6.45) is -3.04. The second-order valence-corrected chi connectivity index (χ2v) is 11.1. The Balaban J connectivity index is 1.73. The highest BCUT2D eigenvalue weighted by Gasteiger charge is 2.41. The van der Waals surface area contributed by atoms with Crippen LogP contribution in [0.3, 0.4) is 0 Å². The third-order valence-corrected chi connectivity index (χ3v) is 7.81. The summed E-state index contributed by atoms with van der Waals surface area (Å²) in [5.41, 5.74) is -0.0881. The smallest absolute Gasteiger partial charge is 0.421 e. The zero-order valence-electron chi connectivity index (χ0n) is 21.8. The fourth-order valence-corrected chi connectivity index (χ4v) is 5.22. The summed E-state index contributed by atoms with van der Waals surface area (Å²) in [6, 6.07) is 7.42. The minimum atomic E-state index is -4.84. The van der Waals surface area contributed by atoms with Crippen LogP contribution in [0, 0.1) is 5.82 Å². The number of carbonyl (C=O) groups excluding carboxylic acids is 1. The summed E-state index contributed by atoms with van der Waals surface area (Å²) in [6.45, 7) is 0. The highest BCUT2D eigenvalue weighted by Crippen LogP contribution is 2.41. The number of halogens is 4. The van der Waals surface area contributed by atoms with E-state index in [1.54, 1.807) is 24.3 Å². The molecular formula is C25H26F4N6O4S. The Morgan fingerprint density at radius 3 is 2.52 bits per heavy atom. The number of sulfonamides is 1. The van der Waals surface area contributed by atoms with E-state index in [4.69, 9.17) is 4.74 Å². The van der Waals surface area contributed by atoms with Gasteiger partial charge in [0.05, 0.1) is 36.7 Å². The molecule has 1 aliphatic carbocycles. The van der Waals surface area contributed by atoms with Gasteiger partial charge in [-0.3, -0.25) is 4.79 Å². The maximum absolute atomic E-state index is 14.6. The molecule has 4 rings (SSSR count). The molecule has 2 atom stereocenters. The molecule has 0 aliphatic heterocycles. The first-order valence-corrected chi connectivity index (χ1v) is 13.7. The van der Waals surface area contributed by atoms with E-state index < -0.39 is 51.4 Å². The van der Waals surface area contributed by atoms with E-state index in [0.29, 0.717) is 11.8 Å². The number of methoxy groups -OCH3 is 1. The van der Waals surface area contributed by atoms with Crippen molar-refractivity contribution in [1.82, 2.24) is 19.6 Å². The molecular weight excluding hydrogens is 556 g/mol. The molecule has 40 heavy (non-hydrogen) atoms. The molecule has 1 aliphatic rings. The van der Waals surface area contributed by atoms with Crippen LogP contribution in [0.4, 0.5) is 35.0 Å². The summed E-state index contributed by atoms with van der Waals surface area (Å²) >= 11 is 0. The van der Waals surface area contributed by atoms with Crippen molar-refractivity contribution < 1.29 is 35.5 Å². The molecule has 0 fully saturated rings. The number of amides is 1. The van der Waals surface area contributed by atoms with E-state index in [2.05, 4.69) is 25.9 Å². The van der Waals surface area contributed by atoms with E-state index in [-0.39, 0.29) is 29.4 Å². The predicted octanol–water partition coefficient (Wildman–Crippen LogP) is 3.72. The predicted molar refractivity (Wildman–Crippen MR) is 140 cm³/mol. The van der Waals surface area contributed by atoms with Gasteiger partial charge in [-0.15, -0.1) is 0 Å². The van der Waals surface area contributed by atoms with Crippen molar-refractivity contribution in [1.29, 1.82) is 0 Å². The van der Waals surface area contributed by atoms with Crippen molar-refractivity contribution in [2.75, 3.05) is 38.1 Å². The lowest BCUT2D eigenvalue weighted by Gasteiger charge is -2.30. The molecule has 214 valence electrons. The average Bonchev–Trinajstić information content (AvgIpc) is 3.24. The van der Waals surface area contributed by atoms with Gasteiger partial charge in [-0.25, -0.2) is 17.8 Å². The number of nitrogens with zero attached hydrogens (tertiary/aromatic N) is 3. The molecule has 3 N–H and O–H groups in total. The third-order valence-electron chi connectivity index (χ3n) is 6.53. The van der Waals surface area contributed by atoms with Gasteiger partial charge in [-0.1, -0.05) is 24.3 Å². The van der Waals surface area contributed by atoms with Crippen LogP contribution < -0.4 is 20.7 Å². The number of aromatic nitrogens is 2. The molecule has 3 aromatic rings. The molecule has 1 heterocycles. The molecule has 0 bridgehead atoms. The molecule has 0 unspecified atom stereocenters. The summed E-state index contributed by atoms with van der Waals surface area (Å²) < 4.78 is 87.6. The Labute approximate surface area is 227 Å². The minimum absolute atomic E-state index is 0.0130. The van der Waals surface area contributed by atoms with Crippen molar-refractivity contribution in [3.63, 3.8) is 0 Å². The van der Waals surface area contributed by atoms with Crippen LogP contribution in [0.5, 0.6) is 5.75 Å². The zero-order chi connectivity index (χ0) is 29.4. The van der Waals surface area contributed by atoms with E-state index in [0.717, 1.165) is 28.3 Å². The molecule has 15 heteroatoms. The van der Waals surface area contributed by atoms with Crippen molar-refractivity contribution in [3.05, 3.63) is 70.7 Å². The number of nitrogens with one attached hydrogen (secondary N) is 3. The minimum Gasteiger partial charge on any atom is -0.495 e.